The molecule has 4 aliphatic carbocycles. The van der Waals surface area contributed by atoms with Crippen molar-refractivity contribution in [2.45, 2.75) is 98.0 Å². The van der Waals surface area contributed by atoms with Crippen molar-refractivity contribution < 1.29 is 56.6 Å². The fraction of sp³-hybridized carbons (Fsp3) is 0.821. The van der Waals surface area contributed by atoms with E-state index in [2.05, 4.69) is 40.3 Å². The molecule has 0 aromatic rings. The van der Waals surface area contributed by atoms with E-state index in [-0.39, 0.29) is 53.7 Å². The van der Waals surface area contributed by atoms with Gasteiger partial charge in [-0.05, 0) is 105 Å². The topological polar surface area (TPSA) is 104 Å². The number of fused-ring (bicyclic) bond motifs is 5. The van der Waals surface area contributed by atoms with Gasteiger partial charge in [0.2, 0.25) is 10.4 Å². The second kappa shape index (κ2) is 11.1. The van der Waals surface area contributed by atoms with E-state index in [9.17, 15) is 22.9 Å². The van der Waals surface area contributed by atoms with Crippen molar-refractivity contribution >= 4 is 16.4 Å². The molecule has 3 fully saturated rings. The first kappa shape index (κ1) is 30.4. The van der Waals surface area contributed by atoms with E-state index in [4.69, 9.17) is 4.18 Å². The Morgan fingerprint density at radius 3 is 2.50 bits per heavy atom. The number of rotatable bonds is 8. The van der Waals surface area contributed by atoms with Crippen LogP contribution in [0.3, 0.4) is 0 Å². The Bertz CT molecular complexity index is 990. The summed E-state index contributed by atoms with van der Waals surface area (Å²) in [6.07, 6.45) is 9.59. The molecule has 0 aromatic heterocycles. The Balaban J connectivity index is 0.00000361. The third-order valence-corrected chi connectivity index (χ3v) is 11.2. The second-order valence-electron chi connectivity index (χ2n) is 12.5. The maximum absolute atomic E-state index is 12.8. The Labute approximate surface area is 240 Å². The average molecular weight is 531 g/mol. The van der Waals surface area contributed by atoms with Gasteiger partial charge >= 0.3 is 35.5 Å². The van der Waals surface area contributed by atoms with E-state index < -0.39 is 27.9 Å². The van der Waals surface area contributed by atoms with Gasteiger partial charge in [0, 0.05) is 0 Å². The van der Waals surface area contributed by atoms with Gasteiger partial charge in [0.1, 0.15) is 0 Å². The van der Waals surface area contributed by atoms with Crippen molar-refractivity contribution in [2.24, 2.45) is 46.3 Å². The predicted octanol–water partition coefficient (Wildman–Crippen LogP) is 3.11. The first-order valence-corrected chi connectivity index (χ1v) is 14.9. The van der Waals surface area contributed by atoms with Crippen LogP contribution in [-0.2, 0) is 19.4 Å². The molecular weight excluding hydrogens is 487 g/mol. The summed E-state index contributed by atoms with van der Waals surface area (Å²) in [5, 5.41) is 10.5. The molecule has 8 heteroatoms. The molecule has 6 nitrogen and oxygen atoms in total. The molecular formula is C28H43NaO6S. The molecule has 0 aromatic carbocycles. The molecule has 0 bridgehead atoms. The molecule has 0 spiro atoms. The number of carboxylic acids is 1. The van der Waals surface area contributed by atoms with Crippen molar-refractivity contribution in [2.75, 3.05) is 0 Å². The molecule has 3 saturated carbocycles. The minimum absolute atomic E-state index is 0. The summed E-state index contributed by atoms with van der Waals surface area (Å²) < 4.78 is 38.2. The summed E-state index contributed by atoms with van der Waals surface area (Å²) in [7, 11) is -4.80. The molecule has 0 aliphatic heterocycles. The van der Waals surface area contributed by atoms with Crippen molar-refractivity contribution in [3.63, 3.8) is 0 Å². The second-order valence-corrected chi connectivity index (χ2v) is 13.6. The number of aliphatic carboxylic acids is 1. The Morgan fingerprint density at radius 2 is 1.89 bits per heavy atom. The zero-order chi connectivity index (χ0) is 25.8. The van der Waals surface area contributed by atoms with Crippen LogP contribution in [-0.4, -0.2) is 30.2 Å². The summed E-state index contributed by atoms with van der Waals surface area (Å²) in [6, 6.07) is 0. The zero-order valence-corrected chi connectivity index (χ0v) is 25.6. The fourth-order valence-electron chi connectivity index (χ4n) is 8.80. The Morgan fingerprint density at radius 1 is 1.19 bits per heavy atom. The molecule has 4 aliphatic rings. The monoisotopic (exact) mass is 530 g/mol. The summed E-state index contributed by atoms with van der Waals surface area (Å²) in [5.74, 6) is 1.95. The summed E-state index contributed by atoms with van der Waals surface area (Å²) in [6.45, 7) is 13.6. The molecule has 1 N–H and O–H groups in total. The molecule has 36 heavy (non-hydrogen) atoms. The minimum Gasteiger partial charge on any atom is -0.726 e. The minimum atomic E-state index is -4.80. The summed E-state index contributed by atoms with van der Waals surface area (Å²) in [5.41, 5.74) is 1.40. The zero-order valence-electron chi connectivity index (χ0n) is 22.8. The van der Waals surface area contributed by atoms with E-state index in [0.29, 0.717) is 36.0 Å². The van der Waals surface area contributed by atoms with Gasteiger partial charge in [-0.15, -0.1) is 0 Å². The van der Waals surface area contributed by atoms with Gasteiger partial charge in [-0.2, -0.15) is 0 Å². The van der Waals surface area contributed by atoms with Crippen LogP contribution in [0, 0.1) is 46.3 Å². The largest absolute Gasteiger partial charge is 1.00 e. The van der Waals surface area contributed by atoms with E-state index in [0.717, 1.165) is 37.7 Å². The van der Waals surface area contributed by atoms with Crippen LogP contribution in [0.25, 0.3) is 0 Å². The molecule has 0 radical (unpaired) electrons. The third kappa shape index (κ3) is 5.44. The van der Waals surface area contributed by atoms with Gasteiger partial charge in [-0.3, -0.25) is 8.98 Å². The molecule has 0 saturated heterocycles. The number of hydrogen-bond donors (Lipinski definition) is 1. The molecule has 0 heterocycles. The van der Waals surface area contributed by atoms with Crippen LogP contribution >= 0.6 is 0 Å². The van der Waals surface area contributed by atoms with Crippen LogP contribution in [0.4, 0.5) is 0 Å². The van der Waals surface area contributed by atoms with E-state index in [1.54, 1.807) is 0 Å². The molecule has 198 valence electrons. The van der Waals surface area contributed by atoms with Gasteiger partial charge in [-0.1, -0.05) is 51.5 Å². The SMILES string of the molecule is C=C(CC[C@@H](C)[C@H]1CCC2C3CC=C4C[C@@H](OS(=O)(=O)[O-])CC[C@]4(C(=O)O)C3CC[C@@]21C)C(C)C.[Na+]. The average Bonchev–Trinajstić information content (AvgIpc) is 3.12. The van der Waals surface area contributed by atoms with E-state index in [1.807, 2.05) is 0 Å². The maximum atomic E-state index is 12.8. The molecule has 4 rings (SSSR count). The van der Waals surface area contributed by atoms with Gasteiger partial charge in [0.25, 0.3) is 0 Å². The van der Waals surface area contributed by atoms with Crippen LogP contribution in [0.1, 0.15) is 91.9 Å². The van der Waals surface area contributed by atoms with Gasteiger partial charge in [0.15, 0.2) is 0 Å². The van der Waals surface area contributed by atoms with Gasteiger partial charge in [-0.25, -0.2) is 8.42 Å². The smallest absolute Gasteiger partial charge is 0.726 e. The Hall–Kier alpha value is -0.180. The Kier molecular flexibility index (Phi) is 9.39. The molecule has 0 amide bonds. The first-order valence-electron chi connectivity index (χ1n) is 13.5. The van der Waals surface area contributed by atoms with Crippen LogP contribution in [0.15, 0.2) is 23.8 Å². The van der Waals surface area contributed by atoms with Crippen LogP contribution in [0.5, 0.6) is 0 Å². The van der Waals surface area contributed by atoms with Crippen molar-refractivity contribution in [1.29, 1.82) is 0 Å². The first-order chi connectivity index (χ1) is 16.3. The predicted molar refractivity (Wildman–Crippen MR) is 134 cm³/mol. The maximum Gasteiger partial charge on any atom is 1.00 e. The summed E-state index contributed by atoms with van der Waals surface area (Å²) in [4.78, 5) is 12.8. The molecule has 3 unspecified atom stereocenters. The van der Waals surface area contributed by atoms with Crippen molar-refractivity contribution in [3.05, 3.63) is 23.8 Å². The van der Waals surface area contributed by atoms with E-state index in [1.165, 1.54) is 18.4 Å². The quantitative estimate of drug-likeness (QED) is 0.224. The number of hydrogen-bond acceptors (Lipinski definition) is 5. The van der Waals surface area contributed by atoms with Crippen molar-refractivity contribution in [3.8, 4) is 0 Å². The fourth-order valence-corrected chi connectivity index (χ4v) is 9.30. The number of carbonyl (C=O) groups is 1. The van der Waals surface area contributed by atoms with Gasteiger partial charge < -0.3 is 9.66 Å². The third-order valence-electron chi connectivity index (χ3n) is 10.7. The van der Waals surface area contributed by atoms with Crippen LogP contribution in [0.2, 0.25) is 0 Å². The van der Waals surface area contributed by atoms with Gasteiger partial charge in [0.05, 0.1) is 11.5 Å². The molecule has 8 atom stereocenters. The normalized spacial score (nSPS) is 38.7. The van der Waals surface area contributed by atoms with E-state index >= 15 is 0 Å². The summed E-state index contributed by atoms with van der Waals surface area (Å²) >= 11 is 0. The van der Waals surface area contributed by atoms with Crippen molar-refractivity contribution in [1.82, 2.24) is 0 Å². The standard InChI is InChI=1S/C28H44O6S.Na/c1-17(2)18(3)6-7-19(4)23-10-11-24-22-9-8-20-16-21(34-35(31,32)33)12-15-28(20,26(29)30)25(22)13-14-27(23,24)5;/h8,17,19,21-25H,3,6-7,9-16H2,1-2,4-5H3,(H,29,30)(H,31,32,33);/q;+1/p-1/t19-,21+,22?,23-,24?,25?,27-,28-;/m1./s1. The number of carboxylic acid groups (broad SMARTS) is 1. The van der Waals surface area contributed by atoms with Crippen LogP contribution < -0.4 is 29.6 Å². The number of allylic oxidation sites excluding steroid dienone is 2.